The number of halogens is 5. The molecule has 0 fully saturated rings. The van der Waals surface area contributed by atoms with Crippen LogP contribution in [-0.4, -0.2) is 31.9 Å². The molecule has 176 valence electrons. The van der Waals surface area contributed by atoms with E-state index in [2.05, 4.69) is 20.1 Å². The van der Waals surface area contributed by atoms with Gasteiger partial charge in [-0.3, -0.25) is 14.2 Å². The molecule has 8 nitrogen and oxygen atoms in total. The molecule has 13 heteroatoms. The number of ether oxygens (including phenoxy) is 1. The van der Waals surface area contributed by atoms with E-state index in [4.69, 9.17) is 0 Å². The number of amides is 1. The Morgan fingerprint density at radius 3 is 2.53 bits per heavy atom. The normalized spacial score (nSPS) is 11.7. The summed E-state index contributed by atoms with van der Waals surface area (Å²) < 4.78 is 69.8. The summed E-state index contributed by atoms with van der Waals surface area (Å²) in [7, 11) is 0. The van der Waals surface area contributed by atoms with Crippen LogP contribution >= 0.6 is 0 Å². The predicted molar refractivity (Wildman–Crippen MR) is 110 cm³/mol. The van der Waals surface area contributed by atoms with Crippen LogP contribution in [0.25, 0.3) is 16.7 Å². The number of anilines is 1. The van der Waals surface area contributed by atoms with Gasteiger partial charge in [-0.15, -0.1) is 0 Å². The molecule has 2 aromatic heterocycles. The summed E-state index contributed by atoms with van der Waals surface area (Å²) in [6.45, 7) is -3.40. The zero-order chi connectivity index (χ0) is 24.5. The van der Waals surface area contributed by atoms with Crippen LogP contribution in [0.15, 0.2) is 65.8 Å². The lowest BCUT2D eigenvalue weighted by Crippen LogP contribution is -2.27. The quantitative estimate of drug-likeness (QED) is 0.425. The molecule has 0 unspecified atom stereocenters. The molecule has 0 aliphatic carbocycles. The van der Waals surface area contributed by atoms with E-state index in [1.165, 1.54) is 36.4 Å². The maximum absolute atomic E-state index is 13.0. The molecule has 2 aromatic carbocycles. The number of fused-ring (bicyclic) bond motifs is 1. The first kappa shape index (κ1) is 22.9. The maximum atomic E-state index is 13.0. The molecule has 1 amide bonds. The van der Waals surface area contributed by atoms with Gasteiger partial charge in [0.05, 0.1) is 17.4 Å². The molecule has 0 atom stereocenters. The van der Waals surface area contributed by atoms with Crippen molar-refractivity contribution in [1.82, 2.24) is 19.3 Å². The van der Waals surface area contributed by atoms with Gasteiger partial charge < -0.3 is 10.1 Å². The molecule has 2 heterocycles. The van der Waals surface area contributed by atoms with Crippen molar-refractivity contribution in [1.29, 1.82) is 0 Å². The Morgan fingerprint density at radius 2 is 1.85 bits per heavy atom. The summed E-state index contributed by atoms with van der Waals surface area (Å²) in [5, 5.41) is 6.48. The second-order valence-electron chi connectivity index (χ2n) is 6.97. The number of hydrogen-bond acceptors (Lipinski definition) is 5. The van der Waals surface area contributed by atoms with Gasteiger partial charge in [0, 0.05) is 5.69 Å². The van der Waals surface area contributed by atoms with E-state index in [9.17, 15) is 31.5 Å². The minimum absolute atomic E-state index is 0.00112. The Morgan fingerprint density at radius 1 is 1.12 bits per heavy atom. The van der Waals surface area contributed by atoms with Crippen molar-refractivity contribution < 1.29 is 31.5 Å². The van der Waals surface area contributed by atoms with Gasteiger partial charge in [-0.25, -0.2) is 9.67 Å². The summed E-state index contributed by atoms with van der Waals surface area (Å²) in [5.41, 5.74) is -1.14. The van der Waals surface area contributed by atoms with Gasteiger partial charge >= 0.3 is 12.8 Å². The van der Waals surface area contributed by atoms with Crippen molar-refractivity contribution in [2.24, 2.45) is 0 Å². The molecule has 34 heavy (non-hydrogen) atoms. The molecule has 0 saturated carbocycles. The number of hydrogen-bond donors (Lipinski definition) is 1. The number of carbonyl (C=O) groups excluding carboxylic acids is 1. The third kappa shape index (κ3) is 4.87. The van der Waals surface area contributed by atoms with Crippen LogP contribution in [-0.2, 0) is 17.5 Å². The summed E-state index contributed by atoms with van der Waals surface area (Å²) in [5.74, 6) is -0.687. The summed E-state index contributed by atoms with van der Waals surface area (Å²) in [6, 6.07) is 9.56. The van der Waals surface area contributed by atoms with Crippen LogP contribution in [0.3, 0.4) is 0 Å². The highest BCUT2D eigenvalue weighted by atomic mass is 19.4. The Hall–Kier alpha value is -4.29. The SMILES string of the molecule is O=C(Cn1cnc2c(cnn2-c2cccc(C(F)(F)F)c2)c1=O)Nc1ccc(OC(F)F)cc1. The van der Waals surface area contributed by atoms with Gasteiger partial charge in [0.2, 0.25) is 5.91 Å². The Balaban J connectivity index is 1.54. The van der Waals surface area contributed by atoms with Gasteiger partial charge in [0.25, 0.3) is 5.56 Å². The Kier molecular flexibility index (Phi) is 6.01. The minimum atomic E-state index is -4.55. The van der Waals surface area contributed by atoms with Crippen molar-refractivity contribution in [2.75, 3.05) is 5.32 Å². The molecule has 0 aliphatic heterocycles. The van der Waals surface area contributed by atoms with Crippen LogP contribution < -0.4 is 15.6 Å². The summed E-state index contributed by atoms with van der Waals surface area (Å²) in [6.07, 6.45) is -2.32. The van der Waals surface area contributed by atoms with Crippen molar-refractivity contribution in [2.45, 2.75) is 19.3 Å². The van der Waals surface area contributed by atoms with Crippen molar-refractivity contribution >= 4 is 22.6 Å². The lowest BCUT2D eigenvalue weighted by atomic mass is 10.2. The molecular formula is C21H14F5N5O3. The van der Waals surface area contributed by atoms with Crippen LogP contribution in [0, 0.1) is 0 Å². The lowest BCUT2D eigenvalue weighted by Gasteiger charge is -2.10. The second kappa shape index (κ2) is 8.92. The number of aromatic nitrogens is 4. The minimum Gasteiger partial charge on any atom is -0.435 e. The van der Waals surface area contributed by atoms with Gasteiger partial charge in [0.15, 0.2) is 5.65 Å². The first-order valence-corrected chi connectivity index (χ1v) is 9.57. The second-order valence-corrected chi connectivity index (χ2v) is 6.97. The van der Waals surface area contributed by atoms with Gasteiger partial charge in [-0.2, -0.15) is 27.1 Å². The highest BCUT2D eigenvalue weighted by molar-refractivity contribution is 5.90. The number of nitrogens with one attached hydrogen (secondary N) is 1. The fraction of sp³-hybridized carbons (Fsp3) is 0.143. The Bertz CT molecular complexity index is 1400. The fourth-order valence-electron chi connectivity index (χ4n) is 3.14. The fourth-order valence-corrected chi connectivity index (χ4v) is 3.14. The highest BCUT2D eigenvalue weighted by Crippen LogP contribution is 2.30. The molecule has 0 spiro atoms. The topological polar surface area (TPSA) is 91.0 Å². The molecule has 0 saturated heterocycles. The monoisotopic (exact) mass is 479 g/mol. The van der Waals surface area contributed by atoms with E-state index >= 15 is 0 Å². The Labute approximate surface area is 187 Å². The van der Waals surface area contributed by atoms with Crippen LogP contribution in [0.1, 0.15) is 5.56 Å². The molecular weight excluding hydrogens is 465 g/mol. The molecule has 1 N–H and O–H groups in total. The number of carbonyl (C=O) groups is 1. The van der Waals surface area contributed by atoms with Gasteiger partial charge in [-0.1, -0.05) is 6.07 Å². The number of nitrogens with zero attached hydrogens (tertiary/aromatic N) is 4. The standard InChI is InChI=1S/C21H14F5N5O3/c22-20(23)34-15-6-4-13(5-7-15)29-17(32)10-30-11-27-18-16(19(30)33)9-28-31(18)14-3-1-2-12(8-14)21(24,25)26/h1-9,11,20H,10H2,(H,29,32). The number of rotatable bonds is 6. The van der Waals surface area contributed by atoms with E-state index in [0.29, 0.717) is 0 Å². The van der Waals surface area contributed by atoms with E-state index in [1.54, 1.807) is 0 Å². The zero-order valence-electron chi connectivity index (χ0n) is 17.0. The maximum Gasteiger partial charge on any atom is 0.416 e. The summed E-state index contributed by atoms with van der Waals surface area (Å²) in [4.78, 5) is 29.2. The smallest absolute Gasteiger partial charge is 0.416 e. The van der Waals surface area contributed by atoms with Crippen molar-refractivity contribution in [3.05, 3.63) is 77.0 Å². The molecule has 0 radical (unpaired) electrons. The number of alkyl halides is 5. The van der Waals surface area contributed by atoms with Gasteiger partial charge in [0.1, 0.15) is 24.0 Å². The first-order chi connectivity index (χ1) is 16.1. The molecule has 0 aliphatic rings. The summed E-state index contributed by atoms with van der Waals surface area (Å²) >= 11 is 0. The largest absolute Gasteiger partial charge is 0.435 e. The van der Waals surface area contributed by atoms with Crippen molar-refractivity contribution in [3.63, 3.8) is 0 Å². The zero-order valence-corrected chi connectivity index (χ0v) is 17.0. The first-order valence-electron chi connectivity index (χ1n) is 9.57. The molecule has 4 aromatic rings. The molecule has 0 bridgehead atoms. The number of benzene rings is 2. The average molecular weight is 479 g/mol. The van der Waals surface area contributed by atoms with Crippen LogP contribution in [0.5, 0.6) is 5.75 Å². The third-order valence-corrected chi connectivity index (χ3v) is 4.65. The predicted octanol–water partition coefficient (Wildman–Crippen LogP) is 3.84. The third-order valence-electron chi connectivity index (χ3n) is 4.65. The average Bonchev–Trinajstić information content (AvgIpc) is 3.21. The van der Waals surface area contributed by atoms with E-state index in [0.717, 1.165) is 33.9 Å². The van der Waals surface area contributed by atoms with Gasteiger partial charge in [-0.05, 0) is 42.5 Å². The highest BCUT2D eigenvalue weighted by Gasteiger charge is 2.30. The van der Waals surface area contributed by atoms with Crippen molar-refractivity contribution in [3.8, 4) is 11.4 Å². The molecule has 4 rings (SSSR count). The lowest BCUT2D eigenvalue weighted by molar-refractivity contribution is -0.137. The van der Waals surface area contributed by atoms with E-state index in [-0.39, 0.29) is 28.2 Å². The van der Waals surface area contributed by atoms with Crippen LogP contribution in [0.4, 0.5) is 27.6 Å². The van der Waals surface area contributed by atoms with E-state index in [1.807, 2.05) is 0 Å². The van der Waals surface area contributed by atoms with Crippen LogP contribution in [0.2, 0.25) is 0 Å². The van der Waals surface area contributed by atoms with E-state index < -0.39 is 36.4 Å².